The molecule has 0 saturated heterocycles. The van der Waals surface area contributed by atoms with E-state index in [-0.39, 0.29) is 5.41 Å². The van der Waals surface area contributed by atoms with Gasteiger partial charge in [-0.25, -0.2) is 0 Å². The van der Waals surface area contributed by atoms with E-state index < -0.39 is 0 Å². The molecule has 2 aromatic rings. The molecule has 1 nitrogen and oxygen atoms in total. The first-order valence-corrected chi connectivity index (χ1v) is 8.29. The summed E-state index contributed by atoms with van der Waals surface area (Å²) >= 11 is 3.73. The Kier molecular flexibility index (Phi) is 3.96. The molecule has 0 saturated carbocycles. The Bertz CT molecular complexity index is 753. The molecule has 112 valence electrons. The summed E-state index contributed by atoms with van der Waals surface area (Å²) in [6.07, 6.45) is 7.27. The fourth-order valence-corrected chi connectivity index (χ4v) is 3.92. The lowest BCUT2D eigenvalue weighted by molar-refractivity contribution is 0.638. The van der Waals surface area contributed by atoms with Crippen molar-refractivity contribution in [1.82, 2.24) is 0 Å². The predicted octanol–water partition coefficient (Wildman–Crippen LogP) is 5.15. The molecule has 0 aromatic heterocycles. The maximum atomic E-state index is 5.97. The van der Waals surface area contributed by atoms with Crippen LogP contribution in [0.3, 0.4) is 0 Å². The lowest BCUT2D eigenvalue weighted by Crippen LogP contribution is -2.28. The van der Waals surface area contributed by atoms with Gasteiger partial charge in [0.2, 0.25) is 0 Å². The van der Waals surface area contributed by atoms with Gasteiger partial charge in [0.1, 0.15) is 0 Å². The maximum absolute atomic E-state index is 5.97. The Hall–Kier alpha value is -1.80. The fraction of sp³-hybridized carbons (Fsp3) is 0.200. The number of benzene rings is 2. The van der Waals surface area contributed by atoms with E-state index in [0.29, 0.717) is 0 Å². The third-order valence-corrected chi connectivity index (χ3v) is 5.00. The van der Waals surface area contributed by atoms with Crippen LogP contribution in [0.1, 0.15) is 28.7 Å². The highest BCUT2D eigenvalue weighted by molar-refractivity contribution is 9.10. The normalized spacial score (nSPS) is 20.8. The van der Waals surface area contributed by atoms with E-state index in [1.54, 1.807) is 0 Å². The summed E-state index contributed by atoms with van der Waals surface area (Å²) in [6, 6.07) is 15.2. The van der Waals surface area contributed by atoms with E-state index in [1.165, 1.54) is 22.3 Å². The van der Waals surface area contributed by atoms with Crippen LogP contribution in [-0.2, 0) is 5.41 Å². The SMILES string of the molecule is Cc1cc(C)cc(C2(c3ccccc3Br)C=CC(N)=CC2)c1. The zero-order valence-corrected chi connectivity index (χ0v) is 14.5. The van der Waals surface area contributed by atoms with E-state index in [0.717, 1.165) is 16.6 Å². The Labute approximate surface area is 140 Å². The molecule has 3 rings (SSSR count). The maximum Gasteiger partial charge on any atom is 0.0432 e. The first-order chi connectivity index (χ1) is 10.5. The molecule has 1 aliphatic carbocycles. The Morgan fingerprint density at radius 2 is 1.73 bits per heavy atom. The first kappa shape index (κ1) is 15.1. The van der Waals surface area contributed by atoms with Crippen LogP contribution < -0.4 is 5.73 Å². The second kappa shape index (κ2) is 5.77. The van der Waals surface area contributed by atoms with Crippen molar-refractivity contribution in [3.8, 4) is 0 Å². The van der Waals surface area contributed by atoms with Gasteiger partial charge in [-0.2, -0.15) is 0 Å². The van der Waals surface area contributed by atoms with Crippen molar-refractivity contribution < 1.29 is 0 Å². The molecule has 22 heavy (non-hydrogen) atoms. The lowest BCUT2D eigenvalue weighted by atomic mass is 9.69. The number of nitrogens with two attached hydrogens (primary N) is 1. The van der Waals surface area contributed by atoms with Crippen LogP contribution in [0.5, 0.6) is 0 Å². The quantitative estimate of drug-likeness (QED) is 0.793. The highest BCUT2D eigenvalue weighted by Crippen LogP contribution is 2.43. The number of rotatable bonds is 2. The van der Waals surface area contributed by atoms with E-state index in [9.17, 15) is 0 Å². The molecule has 0 fully saturated rings. The highest BCUT2D eigenvalue weighted by atomic mass is 79.9. The topological polar surface area (TPSA) is 26.0 Å². The van der Waals surface area contributed by atoms with Crippen molar-refractivity contribution in [2.24, 2.45) is 5.73 Å². The predicted molar refractivity (Wildman–Crippen MR) is 96.9 cm³/mol. The summed E-state index contributed by atoms with van der Waals surface area (Å²) in [5.41, 5.74) is 11.8. The van der Waals surface area contributed by atoms with Gasteiger partial charge in [0.05, 0.1) is 0 Å². The van der Waals surface area contributed by atoms with Crippen molar-refractivity contribution >= 4 is 15.9 Å². The number of aryl methyl sites for hydroxylation is 2. The zero-order chi connectivity index (χ0) is 15.7. The van der Waals surface area contributed by atoms with E-state index in [4.69, 9.17) is 5.73 Å². The van der Waals surface area contributed by atoms with Crippen molar-refractivity contribution in [2.45, 2.75) is 25.7 Å². The van der Waals surface area contributed by atoms with E-state index >= 15 is 0 Å². The third kappa shape index (κ3) is 2.64. The Balaban J connectivity index is 2.25. The van der Waals surface area contributed by atoms with Crippen molar-refractivity contribution in [3.05, 3.63) is 93.1 Å². The minimum Gasteiger partial charge on any atom is -0.399 e. The van der Waals surface area contributed by atoms with Crippen molar-refractivity contribution in [1.29, 1.82) is 0 Å². The molecule has 1 unspecified atom stereocenters. The zero-order valence-electron chi connectivity index (χ0n) is 12.9. The van der Waals surface area contributed by atoms with Crippen molar-refractivity contribution in [3.63, 3.8) is 0 Å². The minimum absolute atomic E-state index is 0.167. The lowest BCUT2D eigenvalue weighted by Gasteiger charge is -2.34. The standard InChI is InChI=1S/C20H20BrN/c1-14-11-15(2)13-16(12-14)20(9-7-17(22)8-10-20)18-5-3-4-6-19(18)21/h3-9,11-13H,10,22H2,1-2H3. The van der Waals surface area contributed by atoms with E-state index in [1.807, 2.05) is 6.08 Å². The highest BCUT2D eigenvalue weighted by Gasteiger charge is 2.34. The van der Waals surface area contributed by atoms with Gasteiger partial charge < -0.3 is 5.73 Å². The molecular weight excluding hydrogens is 334 g/mol. The average molecular weight is 354 g/mol. The molecule has 0 aliphatic heterocycles. The smallest absolute Gasteiger partial charge is 0.0432 e. The molecule has 0 bridgehead atoms. The van der Waals surface area contributed by atoms with Crippen LogP contribution >= 0.6 is 15.9 Å². The summed E-state index contributed by atoms with van der Waals surface area (Å²) in [5.74, 6) is 0. The minimum atomic E-state index is -0.167. The molecule has 2 aromatic carbocycles. The monoisotopic (exact) mass is 353 g/mol. The number of hydrogen-bond donors (Lipinski definition) is 1. The summed E-state index contributed by atoms with van der Waals surface area (Å²) in [5, 5.41) is 0. The number of allylic oxidation sites excluding steroid dienone is 3. The second-order valence-electron chi connectivity index (χ2n) is 6.07. The summed E-state index contributed by atoms with van der Waals surface area (Å²) < 4.78 is 1.13. The fourth-order valence-electron chi connectivity index (χ4n) is 3.28. The largest absolute Gasteiger partial charge is 0.399 e. The molecule has 2 heteroatoms. The summed E-state index contributed by atoms with van der Waals surface area (Å²) in [6.45, 7) is 4.31. The molecule has 1 aliphatic rings. The van der Waals surface area contributed by atoms with E-state index in [2.05, 4.69) is 84.4 Å². The molecule has 0 amide bonds. The second-order valence-corrected chi connectivity index (χ2v) is 6.92. The van der Waals surface area contributed by atoms with Crippen LogP contribution in [0, 0.1) is 13.8 Å². The molecule has 2 N–H and O–H groups in total. The molecule has 0 heterocycles. The van der Waals surface area contributed by atoms with Gasteiger partial charge in [-0.3, -0.25) is 0 Å². The van der Waals surface area contributed by atoms with Crippen LogP contribution in [0.4, 0.5) is 0 Å². The van der Waals surface area contributed by atoms with Crippen LogP contribution in [0.25, 0.3) is 0 Å². The molecular formula is C20H20BrN. The number of halogens is 1. The Morgan fingerprint density at radius 3 is 2.32 bits per heavy atom. The van der Waals surface area contributed by atoms with Gasteiger partial charge in [-0.05, 0) is 43.5 Å². The van der Waals surface area contributed by atoms with Crippen LogP contribution in [0.2, 0.25) is 0 Å². The van der Waals surface area contributed by atoms with Gasteiger partial charge in [0, 0.05) is 15.6 Å². The summed E-state index contributed by atoms with van der Waals surface area (Å²) in [4.78, 5) is 0. The van der Waals surface area contributed by atoms with Gasteiger partial charge in [-0.15, -0.1) is 0 Å². The van der Waals surface area contributed by atoms with Gasteiger partial charge in [0.25, 0.3) is 0 Å². The molecule has 0 spiro atoms. The summed E-state index contributed by atoms with van der Waals surface area (Å²) in [7, 11) is 0. The molecule has 1 atom stereocenters. The van der Waals surface area contributed by atoms with Gasteiger partial charge in [-0.1, -0.05) is 75.6 Å². The van der Waals surface area contributed by atoms with Gasteiger partial charge >= 0.3 is 0 Å². The Morgan fingerprint density at radius 1 is 1.05 bits per heavy atom. The number of hydrogen-bond acceptors (Lipinski definition) is 1. The third-order valence-electron chi connectivity index (χ3n) is 4.31. The van der Waals surface area contributed by atoms with Gasteiger partial charge in [0.15, 0.2) is 0 Å². The van der Waals surface area contributed by atoms with Crippen LogP contribution in [-0.4, -0.2) is 0 Å². The first-order valence-electron chi connectivity index (χ1n) is 7.50. The average Bonchev–Trinajstić information content (AvgIpc) is 2.48. The molecule has 0 radical (unpaired) electrons. The van der Waals surface area contributed by atoms with Crippen LogP contribution in [0.15, 0.2) is 70.9 Å². The van der Waals surface area contributed by atoms with Crippen molar-refractivity contribution in [2.75, 3.05) is 0 Å².